The fraction of sp³-hybridized carbons (Fsp3) is 0.692. The quantitative estimate of drug-likeness (QED) is 0.301. The van der Waals surface area contributed by atoms with Crippen LogP contribution in [-0.4, -0.2) is 5.33 Å². The van der Waals surface area contributed by atoms with Gasteiger partial charge in [0.2, 0.25) is 0 Å². The zero-order valence-electron chi connectivity index (χ0n) is 9.34. The first-order valence-electron chi connectivity index (χ1n) is 5.77. The normalized spacial score (nSPS) is 11.9. The third-order valence-electron chi connectivity index (χ3n) is 2.11. The van der Waals surface area contributed by atoms with Gasteiger partial charge in [-0.25, -0.2) is 0 Å². The van der Waals surface area contributed by atoms with Gasteiger partial charge in [-0.05, 0) is 25.7 Å². The van der Waals surface area contributed by atoms with Crippen LogP contribution in [-0.2, 0) is 0 Å². The SMILES string of the molecule is CCCCCCC=CCC=CCCBr. The number of hydrogen-bond donors (Lipinski definition) is 0. The average molecular weight is 259 g/mol. The third kappa shape index (κ3) is 12.0. The van der Waals surface area contributed by atoms with E-state index in [4.69, 9.17) is 0 Å². The van der Waals surface area contributed by atoms with Crippen LogP contribution in [0.3, 0.4) is 0 Å². The van der Waals surface area contributed by atoms with Gasteiger partial charge in [0, 0.05) is 5.33 Å². The summed E-state index contributed by atoms with van der Waals surface area (Å²) in [5.74, 6) is 0. The van der Waals surface area contributed by atoms with Crippen LogP contribution >= 0.6 is 15.9 Å². The summed E-state index contributed by atoms with van der Waals surface area (Å²) in [6, 6.07) is 0. The Hall–Kier alpha value is -0.0400. The molecule has 14 heavy (non-hydrogen) atoms. The predicted octanol–water partition coefficient (Wildman–Crippen LogP) is 5.24. The Balaban J connectivity index is 3.11. The second-order valence-electron chi connectivity index (χ2n) is 3.51. The van der Waals surface area contributed by atoms with Crippen LogP contribution in [0.15, 0.2) is 24.3 Å². The van der Waals surface area contributed by atoms with Crippen molar-refractivity contribution in [3.8, 4) is 0 Å². The molecule has 0 amide bonds. The summed E-state index contributed by atoms with van der Waals surface area (Å²) < 4.78 is 0. The highest BCUT2D eigenvalue weighted by atomic mass is 79.9. The lowest BCUT2D eigenvalue weighted by atomic mass is 10.1. The highest BCUT2D eigenvalue weighted by Gasteiger charge is 1.83. The van der Waals surface area contributed by atoms with E-state index in [-0.39, 0.29) is 0 Å². The van der Waals surface area contributed by atoms with Gasteiger partial charge in [-0.2, -0.15) is 0 Å². The summed E-state index contributed by atoms with van der Waals surface area (Å²) in [4.78, 5) is 0. The van der Waals surface area contributed by atoms with Gasteiger partial charge in [-0.3, -0.25) is 0 Å². The van der Waals surface area contributed by atoms with Crippen molar-refractivity contribution in [3.05, 3.63) is 24.3 Å². The second-order valence-corrected chi connectivity index (χ2v) is 4.30. The van der Waals surface area contributed by atoms with E-state index in [1.54, 1.807) is 0 Å². The Morgan fingerprint density at radius 3 is 2.21 bits per heavy atom. The first kappa shape index (κ1) is 14.0. The lowest BCUT2D eigenvalue weighted by molar-refractivity contribution is 0.674. The number of halogens is 1. The molecule has 0 nitrogen and oxygen atoms in total. The minimum Gasteiger partial charge on any atom is -0.0925 e. The molecular formula is C13H23Br. The Kier molecular flexibility index (Phi) is 12.9. The lowest BCUT2D eigenvalue weighted by Gasteiger charge is -1.93. The maximum absolute atomic E-state index is 3.40. The summed E-state index contributed by atoms with van der Waals surface area (Å²) in [5, 5.41) is 1.07. The minimum absolute atomic E-state index is 1.07. The van der Waals surface area contributed by atoms with E-state index in [1.165, 1.54) is 32.1 Å². The van der Waals surface area contributed by atoms with Crippen molar-refractivity contribution in [2.45, 2.75) is 51.9 Å². The molecule has 1 heteroatoms. The summed E-state index contributed by atoms with van der Waals surface area (Å²) in [6.45, 7) is 2.25. The molecule has 0 saturated heterocycles. The predicted molar refractivity (Wildman–Crippen MR) is 70.1 cm³/mol. The van der Waals surface area contributed by atoms with Crippen molar-refractivity contribution in [3.63, 3.8) is 0 Å². The second kappa shape index (κ2) is 13.0. The summed E-state index contributed by atoms with van der Waals surface area (Å²) in [5.41, 5.74) is 0. The fourth-order valence-electron chi connectivity index (χ4n) is 1.26. The van der Waals surface area contributed by atoms with Crippen LogP contribution in [0.4, 0.5) is 0 Å². The molecule has 82 valence electrons. The van der Waals surface area contributed by atoms with E-state index in [2.05, 4.69) is 47.2 Å². The van der Waals surface area contributed by atoms with Gasteiger partial charge >= 0.3 is 0 Å². The molecule has 0 bridgehead atoms. The molecule has 0 aliphatic heterocycles. The summed E-state index contributed by atoms with van der Waals surface area (Å²) >= 11 is 3.40. The number of rotatable bonds is 9. The molecule has 0 aliphatic rings. The van der Waals surface area contributed by atoms with Crippen molar-refractivity contribution in [1.29, 1.82) is 0 Å². The highest BCUT2D eigenvalue weighted by molar-refractivity contribution is 9.09. The third-order valence-corrected chi connectivity index (χ3v) is 2.56. The lowest BCUT2D eigenvalue weighted by Crippen LogP contribution is -1.73. The minimum atomic E-state index is 1.07. The van der Waals surface area contributed by atoms with Crippen LogP contribution in [0.5, 0.6) is 0 Å². The van der Waals surface area contributed by atoms with Gasteiger partial charge in [-0.15, -0.1) is 0 Å². The van der Waals surface area contributed by atoms with Crippen molar-refractivity contribution in [2.24, 2.45) is 0 Å². The number of alkyl halides is 1. The molecule has 0 aromatic carbocycles. The van der Waals surface area contributed by atoms with Gasteiger partial charge in [0.05, 0.1) is 0 Å². The van der Waals surface area contributed by atoms with E-state index in [0.717, 1.165) is 18.2 Å². The van der Waals surface area contributed by atoms with Crippen molar-refractivity contribution in [1.82, 2.24) is 0 Å². The maximum Gasteiger partial charge on any atom is 0.00659 e. The molecule has 0 aromatic rings. The number of unbranched alkanes of at least 4 members (excludes halogenated alkanes) is 4. The van der Waals surface area contributed by atoms with Crippen molar-refractivity contribution < 1.29 is 0 Å². The average Bonchev–Trinajstić information content (AvgIpc) is 2.21. The first-order valence-corrected chi connectivity index (χ1v) is 6.90. The van der Waals surface area contributed by atoms with E-state index in [1.807, 2.05) is 0 Å². The molecule has 0 aromatic heterocycles. The van der Waals surface area contributed by atoms with Crippen LogP contribution in [0.25, 0.3) is 0 Å². The Labute approximate surface area is 97.6 Å². The molecule has 0 aliphatic carbocycles. The maximum atomic E-state index is 3.40. The molecule has 0 radical (unpaired) electrons. The number of allylic oxidation sites excluding steroid dienone is 4. The molecule has 0 saturated carbocycles. The zero-order valence-corrected chi connectivity index (χ0v) is 10.9. The molecule has 0 atom stereocenters. The molecule has 0 rings (SSSR count). The van der Waals surface area contributed by atoms with Gasteiger partial charge in [-0.1, -0.05) is 66.4 Å². The van der Waals surface area contributed by atoms with Gasteiger partial charge in [0.25, 0.3) is 0 Å². The molecule has 0 spiro atoms. The van der Waals surface area contributed by atoms with Gasteiger partial charge in [0.1, 0.15) is 0 Å². The van der Waals surface area contributed by atoms with E-state index >= 15 is 0 Å². The topological polar surface area (TPSA) is 0 Å². The smallest absolute Gasteiger partial charge is 0.00659 e. The van der Waals surface area contributed by atoms with E-state index < -0.39 is 0 Å². The van der Waals surface area contributed by atoms with Crippen LogP contribution in [0.1, 0.15) is 51.9 Å². The Bertz CT molecular complexity index is 147. The van der Waals surface area contributed by atoms with E-state index in [9.17, 15) is 0 Å². The molecule has 0 heterocycles. The zero-order chi connectivity index (χ0) is 10.5. The first-order chi connectivity index (χ1) is 6.91. The van der Waals surface area contributed by atoms with Crippen molar-refractivity contribution in [2.75, 3.05) is 5.33 Å². The van der Waals surface area contributed by atoms with Crippen LogP contribution < -0.4 is 0 Å². The molecule has 0 N–H and O–H groups in total. The standard InChI is InChI=1S/C13H23Br/c1-2-3-4-5-6-7-8-9-10-11-12-13-14/h7-8,10-11H,2-6,9,12-13H2,1H3. The molecular weight excluding hydrogens is 236 g/mol. The fourth-order valence-corrected chi connectivity index (χ4v) is 1.52. The van der Waals surface area contributed by atoms with E-state index in [0.29, 0.717) is 0 Å². The van der Waals surface area contributed by atoms with Crippen LogP contribution in [0, 0.1) is 0 Å². The number of hydrogen-bond acceptors (Lipinski definition) is 0. The van der Waals surface area contributed by atoms with Gasteiger partial charge < -0.3 is 0 Å². The summed E-state index contributed by atoms with van der Waals surface area (Å²) in [7, 11) is 0. The largest absolute Gasteiger partial charge is 0.0925 e. The van der Waals surface area contributed by atoms with Gasteiger partial charge in [0.15, 0.2) is 0 Å². The highest BCUT2D eigenvalue weighted by Crippen LogP contribution is 2.03. The summed E-state index contributed by atoms with van der Waals surface area (Å²) in [6.07, 6.45) is 18.0. The Morgan fingerprint density at radius 1 is 0.857 bits per heavy atom. The molecule has 0 fully saturated rings. The monoisotopic (exact) mass is 258 g/mol. The van der Waals surface area contributed by atoms with Crippen LogP contribution in [0.2, 0.25) is 0 Å². The van der Waals surface area contributed by atoms with Crippen molar-refractivity contribution >= 4 is 15.9 Å². The Morgan fingerprint density at radius 2 is 1.57 bits per heavy atom. The molecule has 0 unspecified atom stereocenters.